The monoisotopic (exact) mass is 257 g/mol. The molecule has 0 saturated carbocycles. The summed E-state index contributed by atoms with van der Waals surface area (Å²) in [5.74, 6) is 0.662. The van der Waals surface area contributed by atoms with E-state index in [0.717, 1.165) is 13.1 Å². The van der Waals surface area contributed by atoms with Gasteiger partial charge < -0.3 is 9.64 Å². The molecule has 1 aliphatic rings. The molecule has 1 aromatic heterocycles. The fraction of sp³-hybridized carbons (Fsp3) is 0.600. The molecule has 0 radical (unpaired) electrons. The molecule has 0 aromatic carbocycles. The first-order chi connectivity index (χ1) is 8.13. The van der Waals surface area contributed by atoms with Crippen LogP contribution in [0.3, 0.4) is 0 Å². The predicted octanol–water partition coefficient (Wildman–Crippen LogP) is 0.107. The van der Waals surface area contributed by atoms with Gasteiger partial charge in [-0.1, -0.05) is 6.92 Å². The normalized spacial score (nSPS) is 17.1. The summed E-state index contributed by atoms with van der Waals surface area (Å²) in [5, 5.41) is -0.0935. The molecule has 0 spiro atoms. The Bertz CT molecular complexity index is 483. The smallest absolute Gasteiger partial charge is 0.248 e. The first-order valence-electron chi connectivity index (χ1n) is 5.52. The van der Waals surface area contributed by atoms with Crippen LogP contribution >= 0.6 is 0 Å². The molecule has 2 heterocycles. The number of morpholine rings is 1. The fourth-order valence-corrected chi connectivity index (χ4v) is 2.29. The first kappa shape index (κ1) is 12.3. The quantitative estimate of drug-likeness (QED) is 0.715. The Morgan fingerprint density at radius 2 is 2.12 bits per heavy atom. The van der Waals surface area contributed by atoms with E-state index in [1.807, 2.05) is 4.90 Å². The minimum Gasteiger partial charge on any atom is -0.378 e. The Balaban J connectivity index is 2.28. The summed E-state index contributed by atoms with van der Waals surface area (Å²) in [4.78, 5) is 9.93. The van der Waals surface area contributed by atoms with Gasteiger partial charge in [0.15, 0.2) is 0 Å². The largest absolute Gasteiger partial charge is 0.378 e. The van der Waals surface area contributed by atoms with Crippen molar-refractivity contribution in [3.05, 3.63) is 12.3 Å². The van der Waals surface area contributed by atoms with Crippen molar-refractivity contribution >= 4 is 15.7 Å². The summed E-state index contributed by atoms with van der Waals surface area (Å²) >= 11 is 0. The van der Waals surface area contributed by atoms with Gasteiger partial charge in [-0.2, -0.15) is 0 Å². The highest BCUT2D eigenvalue weighted by molar-refractivity contribution is 7.91. The van der Waals surface area contributed by atoms with E-state index in [1.165, 1.54) is 6.20 Å². The molecule has 17 heavy (non-hydrogen) atoms. The lowest BCUT2D eigenvalue weighted by Gasteiger charge is -2.27. The van der Waals surface area contributed by atoms with Crippen LogP contribution in [-0.2, 0) is 14.6 Å². The Morgan fingerprint density at radius 1 is 1.41 bits per heavy atom. The minimum absolute atomic E-state index is 0.0135. The van der Waals surface area contributed by atoms with Crippen LogP contribution in [-0.4, -0.2) is 50.4 Å². The molecule has 94 valence electrons. The summed E-state index contributed by atoms with van der Waals surface area (Å²) < 4.78 is 28.6. The molecular formula is C10H15N3O3S. The van der Waals surface area contributed by atoms with Crippen molar-refractivity contribution in [2.45, 2.75) is 12.1 Å². The second-order valence-electron chi connectivity index (χ2n) is 3.70. The average molecular weight is 257 g/mol. The zero-order valence-corrected chi connectivity index (χ0v) is 10.5. The van der Waals surface area contributed by atoms with Gasteiger partial charge in [-0.05, 0) is 6.07 Å². The van der Waals surface area contributed by atoms with Gasteiger partial charge in [0.05, 0.1) is 19.0 Å². The van der Waals surface area contributed by atoms with Gasteiger partial charge in [0, 0.05) is 19.3 Å². The van der Waals surface area contributed by atoms with Crippen LogP contribution in [0.5, 0.6) is 0 Å². The fourth-order valence-electron chi connectivity index (χ4n) is 1.58. The minimum atomic E-state index is -3.34. The van der Waals surface area contributed by atoms with E-state index in [2.05, 4.69) is 9.97 Å². The van der Waals surface area contributed by atoms with E-state index in [9.17, 15) is 8.42 Å². The van der Waals surface area contributed by atoms with Crippen LogP contribution in [0.1, 0.15) is 6.92 Å². The molecular weight excluding hydrogens is 242 g/mol. The lowest BCUT2D eigenvalue weighted by molar-refractivity contribution is 0.122. The van der Waals surface area contributed by atoms with E-state index >= 15 is 0 Å². The third-order valence-electron chi connectivity index (χ3n) is 2.61. The van der Waals surface area contributed by atoms with Gasteiger partial charge in [0.2, 0.25) is 15.0 Å². The van der Waals surface area contributed by atoms with E-state index in [4.69, 9.17) is 4.74 Å². The molecule has 6 nitrogen and oxygen atoms in total. The van der Waals surface area contributed by atoms with E-state index in [-0.39, 0.29) is 10.9 Å². The van der Waals surface area contributed by atoms with Crippen LogP contribution in [0.15, 0.2) is 17.4 Å². The standard InChI is InChI=1S/C10H15N3O3S/c1-2-17(14,15)10-11-4-3-9(12-10)13-5-7-16-8-6-13/h3-4H,2,5-8H2,1H3. The first-order valence-corrected chi connectivity index (χ1v) is 7.17. The van der Waals surface area contributed by atoms with Crippen LogP contribution in [0, 0.1) is 0 Å². The second-order valence-corrected chi connectivity index (χ2v) is 5.87. The Kier molecular flexibility index (Phi) is 3.58. The second kappa shape index (κ2) is 4.97. The molecule has 1 aromatic rings. The van der Waals surface area contributed by atoms with Crippen LogP contribution in [0.25, 0.3) is 0 Å². The Morgan fingerprint density at radius 3 is 2.76 bits per heavy atom. The van der Waals surface area contributed by atoms with Crippen molar-refractivity contribution in [1.82, 2.24) is 9.97 Å². The van der Waals surface area contributed by atoms with E-state index < -0.39 is 9.84 Å². The topological polar surface area (TPSA) is 72.4 Å². The molecule has 7 heteroatoms. The Labute approximate surface area is 101 Å². The third kappa shape index (κ3) is 2.73. The number of nitrogens with zero attached hydrogens (tertiary/aromatic N) is 3. The molecule has 0 aliphatic carbocycles. The van der Waals surface area contributed by atoms with Gasteiger partial charge in [-0.15, -0.1) is 0 Å². The number of hydrogen-bond acceptors (Lipinski definition) is 6. The molecule has 0 amide bonds. The lowest BCUT2D eigenvalue weighted by atomic mass is 10.4. The highest BCUT2D eigenvalue weighted by Crippen LogP contribution is 2.14. The van der Waals surface area contributed by atoms with E-state index in [0.29, 0.717) is 19.0 Å². The number of sulfone groups is 1. The van der Waals surface area contributed by atoms with Gasteiger partial charge >= 0.3 is 0 Å². The number of rotatable bonds is 3. The summed E-state index contributed by atoms with van der Waals surface area (Å²) in [6, 6.07) is 1.72. The van der Waals surface area contributed by atoms with Gasteiger partial charge in [-0.3, -0.25) is 0 Å². The maximum absolute atomic E-state index is 11.7. The highest BCUT2D eigenvalue weighted by Gasteiger charge is 2.18. The maximum atomic E-state index is 11.7. The summed E-state index contributed by atoms with van der Waals surface area (Å²) in [5.41, 5.74) is 0. The number of anilines is 1. The Hall–Kier alpha value is -1.21. The molecule has 0 atom stereocenters. The van der Waals surface area contributed by atoms with Crippen molar-refractivity contribution in [3.8, 4) is 0 Å². The molecule has 0 bridgehead atoms. The van der Waals surface area contributed by atoms with Crippen molar-refractivity contribution in [3.63, 3.8) is 0 Å². The van der Waals surface area contributed by atoms with Crippen molar-refractivity contribution in [2.24, 2.45) is 0 Å². The molecule has 1 saturated heterocycles. The van der Waals surface area contributed by atoms with Gasteiger partial charge in [0.25, 0.3) is 0 Å². The molecule has 1 fully saturated rings. The molecule has 0 N–H and O–H groups in total. The van der Waals surface area contributed by atoms with Crippen LogP contribution < -0.4 is 4.90 Å². The van der Waals surface area contributed by atoms with Crippen molar-refractivity contribution < 1.29 is 13.2 Å². The maximum Gasteiger partial charge on any atom is 0.248 e. The number of aromatic nitrogens is 2. The summed E-state index contributed by atoms with van der Waals surface area (Å²) in [7, 11) is -3.34. The predicted molar refractivity (Wildman–Crippen MR) is 62.8 cm³/mol. The van der Waals surface area contributed by atoms with Gasteiger partial charge in [0.1, 0.15) is 5.82 Å². The van der Waals surface area contributed by atoms with Gasteiger partial charge in [-0.25, -0.2) is 18.4 Å². The van der Waals surface area contributed by atoms with Crippen LogP contribution in [0.4, 0.5) is 5.82 Å². The average Bonchev–Trinajstić information content (AvgIpc) is 2.40. The molecule has 0 unspecified atom stereocenters. The number of hydrogen-bond donors (Lipinski definition) is 0. The summed E-state index contributed by atoms with van der Waals surface area (Å²) in [6.45, 7) is 4.31. The molecule has 2 rings (SSSR count). The SMILES string of the molecule is CCS(=O)(=O)c1nccc(N2CCOCC2)n1. The van der Waals surface area contributed by atoms with Crippen molar-refractivity contribution in [2.75, 3.05) is 37.0 Å². The molecule has 1 aliphatic heterocycles. The summed E-state index contributed by atoms with van der Waals surface area (Å²) in [6.07, 6.45) is 1.49. The zero-order chi connectivity index (χ0) is 12.3. The van der Waals surface area contributed by atoms with E-state index in [1.54, 1.807) is 13.0 Å². The lowest BCUT2D eigenvalue weighted by Crippen LogP contribution is -2.37. The third-order valence-corrected chi connectivity index (χ3v) is 4.13. The highest BCUT2D eigenvalue weighted by atomic mass is 32.2. The number of ether oxygens (including phenoxy) is 1. The zero-order valence-electron chi connectivity index (χ0n) is 9.66. The van der Waals surface area contributed by atoms with Crippen LogP contribution in [0.2, 0.25) is 0 Å². The van der Waals surface area contributed by atoms with Crippen molar-refractivity contribution in [1.29, 1.82) is 0 Å².